The molecule has 5 nitrogen and oxygen atoms in total. The zero-order valence-corrected chi connectivity index (χ0v) is 20.1. The third-order valence-corrected chi connectivity index (χ3v) is 5.26. The molecular formula is C27H38N2O3. The first-order valence-electron chi connectivity index (χ1n) is 11.6. The quantitative estimate of drug-likeness (QED) is 0.136. The van der Waals surface area contributed by atoms with E-state index in [4.69, 9.17) is 9.47 Å². The minimum absolute atomic E-state index is 0.600. The van der Waals surface area contributed by atoms with Crippen LogP contribution in [0.25, 0.3) is 0 Å². The van der Waals surface area contributed by atoms with Gasteiger partial charge in [-0.15, -0.1) is 0 Å². The molecule has 0 aliphatic rings. The molecule has 174 valence electrons. The molecule has 0 aliphatic carbocycles. The summed E-state index contributed by atoms with van der Waals surface area (Å²) in [7, 11) is 1.53. The van der Waals surface area contributed by atoms with Gasteiger partial charge in [0.25, 0.3) is 0 Å². The van der Waals surface area contributed by atoms with Crippen molar-refractivity contribution < 1.29 is 14.3 Å². The third kappa shape index (κ3) is 9.54. The Balaban J connectivity index is 1.56. The van der Waals surface area contributed by atoms with Gasteiger partial charge in [0.1, 0.15) is 25.2 Å². The molecule has 0 radical (unpaired) electrons. The van der Waals surface area contributed by atoms with Crippen LogP contribution in [0.15, 0.2) is 47.8 Å². The van der Waals surface area contributed by atoms with Crippen molar-refractivity contribution in [2.75, 3.05) is 20.3 Å². The van der Waals surface area contributed by atoms with E-state index in [0.717, 1.165) is 47.8 Å². The predicted molar refractivity (Wildman–Crippen MR) is 132 cm³/mol. The van der Waals surface area contributed by atoms with Gasteiger partial charge in [-0.05, 0) is 74.9 Å². The SMILES string of the molecule is C/C=C/COc1cc(C)c(OCCCCCCCCc2ccc(/C=N\OC)nc2)c(C)c1. The fourth-order valence-corrected chi connectivity index (χ4v) is 3.54. The van der Waals surface area contributed by atoms with Crippen LogP contribution in [0, 0.1) is 13.8 Å². The highest BCUT2D eigenvalue weighted by Gasteiger charge is 2.07. The summed E-state index contributed by atoms with van der Waals surface area (Å²) in [6, 6.07) is 8.21. The number of oxime groups is 1. The molecular weight excluding hydrogens is 400 g/mol. The summed E-state index contributed by atoms with van der Waals surface area (Å²) in [4.78, 5) is 9.04. The van der Waals surface area contributed by atoms with Crippen LogP contribution < -0.4 is 9.47 Å². The lowest BCUT2D eigenvalue weighted by atomic mass is 10.1. The van der Waals surface area contributed by atoms with Gasteiger partial charge < -0.3 is 14.3 Å². The van der Waals surface area contributed by atoms with Crippen LogP contribution in [0.3, 0.4) is 0 Å². The predicted octanol–water partition coefficient (Wildman–Crippen LogP) is 6.60. The lowest BCUT2D eigenvalue weighted by molar-refractivity contribution is 0.215. The number of allylic oxidation sites excluding steroid dienone is 1. The van der Waals surface area contributed by atoms with Gasteiger partial charge in [0.15, 0.2) is 0 Å². The maximum Gasteiger partial charge on any atom is 0.125 e. The van der Waals surface area contributed by atoms with E-state index < -0.39 is 0 Å². The Morgan fingerprint density at radius 1 is 0.938 bits per heavy atom. The smallest absolute Gasteiger partial charge is 0.125 e. The maximum atomic E-state index is 6.07. The Labute approximate surface area is 193 Å². The standard InChI is InChI=1S/C27H38N2O3/c1-5-6-16-31-26-18-22(2)27(23(3)19-26)32-17-12-10-8-7-9-11-13-24-14-15-25(28-20-24)21-29-30-4/h5-6,14-15,18-21H,7-13,16-17H2,1-4H3/b6-5+,29-21-. The van der Waals surface area contributed by atoms with Gasteiger partial charge in [-0.2, -0.15) is 0 Å². The number of nitrogens with zero attached hydrogens (tertiary/aromatic N) is 2. The van der Waals surface area contributed by atoms with E-state index in [-0.39, 0.29) is 0 Å². The van der Waals surface area contributed by atoms with Gasteiger partial charge in [-0.1, -0.05) is 49.1 Å². The number of benzene rings is 1. The largest absolute Gasteiger partial charge is 0.493 e. The molecule has 0 N–H and O–H groups in total. The first-order valence-corrected chi connectivity index (χ1v) is 11.6. The summed E-state index contributed by atoms with van der Waals surface area (Å²) in [5, 5.41) is 3.73. The molecule has 2 aromatic rings. The Bertz CT molecular complexity index is 821. The van der Waals surface area contributed by atoms with Crippen LogP contribution in [-0.4, -0.2) is 31.5 Å². The average Bonchev–Trinajstić information content (AvgIpc) is 2.79. The molecule has 0 unspecified atom stereocenters. The number of hydrogen-bond donors (Lipinski definition) is 0. The van der Waals surface area contributed by atoms with Crippen molar-refractivity contribution in [2.24, 2.45) is 5.16 Å². The summed E-state index contributed by atoms with van der Waals surface area (Å²) >= 11 is 0. The zero-order valence-electron chi connectivity index (χ0n) is 20.1. The van der Waals surface area contributed by atoms with Crippen LogP contribution in [0.1, 0.15) is 67.8 Å². The van der Waals surface area contributed by atoms with E-state index in [9.17, 15) is 0 Å². The molecule has 0 atom stereocenters. The van der Waals surface area contributed by atoms with Crippen molar-refractivity contribution in [3.63, 3.8) is 0 Å². The molecule has 1 aromatic carbocycles. The summed E-state index contributed by atoms with van der Waals surface area (Å²) in [5.74, 6) is 1.90. The first-order chi connectivity index (χ1) is 15.6. The molecule has 0 spiro atoms. The molecule has 5 heteroatoms. The van der Waals surface area contributed by atoms with Crippen molar-refractivity contribution >= 4 is 6.21 Å². The van der Waals surface area contributed by atoms with Crippen LogP contribution in [0.5, 0.6) is 11.5 Å². The van der Waals surface area contributed by atoms with Crippen LogP contribution in [-0.2, 0) is 11.3 Å². The molecule has 2 rings (SSSR count). The highest BCUT2D eigenvalue weighted by molar-refractivity contribution is 5.76. The lowest BCUT2D eigenvalue weighted by Crippen LogP contribution is -2.02. The number of unbranched alkanes of at least 4 members (excludes halogenated alkanes) is 5. The number of rotatable bonds is 15. The van der Waals surface area contributed by atoms with Gasteiger partial charge in [0.05, 0.1) is 18.5 Å². The number of hydrogen-bond acceptors (Lipinski definition) is 5. The van der Waals surface area contributed by atoms with E-state index in [2.05, 4.69) is 47.0 Å². The lowest BCUT2D eigenvalue weighted by Gasteiger charge is -2.14. The number of aromatic nitrogens is 1. The van der Waals surface area contributed by atoms with Crippen LogP contribution in [0.2, 0.25) is 0 Å². The molecule has 32 heavy (non-hydrogen) atoms. The molecule has 1 aromatic heterocycles. The molecule has 0 saturated carbocycles. The average molecular weight is 439 g/mol. The Morgan fingerprint density at radius 2 is 1.66 bits per heavy atom. The van der Waals surface area contributed by atoms with Crippen molar-refractivity contribution in [2.45, 2.75) is 65.7 Å². The minimum atomic E-state index is 0.600. The van der Waals surface area contributed by atoms with Gasteiger partial charge in [-0.3, -0.25) is 4.98 Å². The highest BCUT2D eigenvalue weighted by atomic mass is 16.6. The summed E-state index contributed by atoms with van der Waals surface area (Å²) in [5.41, 5.74) is 4.36. The third-order valence-electron chi connectivity index (χ3n) is 5.26. The second-order valence-corrected chi connectivity index (χ2v) is 7.99. The minimum Gasteiger partial charge on any atom is -0.493 e. The summed E-state index contributed by atoms with van der Waals surface area (Å²) < 4.78 is 11.8. The van der Waals surface area contributed by atoms with Gasteiger partial charge in [0.2, 0.25) is 0 Å². The molecule has 0 fully saturated rings. The number of pyridine rings is 1. The van der Waals surface area contributed by atoms with Gasteiger partial charge in [0, 0.05) is 6.20 Å². The van der Waals surface area contributed by atoms with Crippen molar-refractivity contribution in [1.82, 2.24) is 4.98 Å². The van der Waals surface area contributed by atoms with E-state index in [1.807, 2.05) is 31.3 Å². The molecule has 0 saturated heterocycles. The second-order valence-electron chi connectivity index (χ2n) is 7.99. The fourth-order valence-electron chi connectivity index (χ4n) is 3.54. The number of ether oxygens (including phenoxy) is 2. The normalized spacial score (nSPS) is 11.4. The van der Waals surface area contributed by atoms with Crippen molar-refractivity contribution in [1.29, 1.82) is 0 Å². The summed E-state index contributed by atoms with van der Waals surface area (Å²) in [6.07, 6.45) is 15.9. The Morgan fingerprint density at radius 3 is 2.31 bits per heavy atom. The van der Waals surface area contributed by atoms with E-state index >= 15 is 0 Å². The molecule has 1 heterocycles. The topological polar surface area (TPSA) is 52.9 Å². The van der Waals surface area contributed by atoms with Crippen LogP contribution in [0.4, 0.5) is 0 Å². The van der Waals surface area contributed by atoms with E-state index in [1.165, 1.54) is 44.8 Å². The maximum absolute atomic E-state index is 6.07. The monoisotopic (exact) mass is 438 g/mol. The van der Waals surface area contributed by atoms with Gasteiger partial charge >= 0.3 is 0 Å². The van der Waals surface area contributed by atoms with Crippen LogP contribution >= 0.6 is 0 Å². The van der Waals surface area contributed by atoms with Crippen molar-refractivity contribution in [3.05, 3.63) is 65.0 Å². The molecule has 0 aliphatic heterocycles. The summed E-state index contributed by atoms with van der Waals surface area (Å²) in [6.45, 7) is 7.53. The Kier molecular flexibility index (Phi) is 12.0. The number of aryl methyl sites for hydroxylation is 3. The Hall–Kier alpha value is -2.82. The fraction of sp³-hybridized carbons (Fsp3) is 0.481. The van der Waals surface area contributed by atoms with E-state index in [1.54, 1.807) is 6.21 Å². The zero-order chi connectivity index (χ0) is 23.0. The van der Waals surface area contributed by atoms with Gasteiger partial charge in [-0.25, -0.2) is 0 Å². The highest BCUT2D eigenvalue weighted by Crippen LogP contribution is 2.28. The van der Waals surface area contributed by atoms with E-state index in [0.29, 0.717) is 6.61 Å². The van der Waals surface area contributed by atoms with Crippen molar-refractivity contribution in [3.8, 4) is 11.5 Å². The second kappa shape index (κ2) is 15.1. The first kappa shape index (κ1) is 25.4. The molecule has 0 amide bonds. The molecule has 0 bridgehead atoms.